The third-order valence-corrected chi connectivity index (χ3v) is 2.52. The second-order valence-electron chi connectivity index (χ2n) is 3.55. The van der Waals surface area contributed by atoms with Crippen LogP contribution in [-0.4, -0.2) is 17.5 Å². The highest BCUT2D eigenvalue weighted by atomic mass is 16.5. The molecule has 74 valence electrons. The van der Waals surface area contributed by atoms with Crippen molar-refractivity contribution in [2.45, 2.75) is 20.3 Å². The van der Waals surface area contributed by atoms with E-state index in [0.717, 1.165) is 11.3 Å². The van der Waals surface area contributed by atoms with Crippen LogP contribution in [0.15, 0.2) is 6.07 Å². The van der Waals surface area contributed by atoms with E-state index in [9.17, 15) is 9.90 Å². The summed E-state index contributed by atoms with van der Waals surface area (Å²) in [6, 6.07) is 1.78. The highest BCUT2D eigenvalue weighted by Gasteiger charge is 2.23. The molecule has 0 fully saturated rings. The lowest BCUT2D eigenvalue weighted by Gasteiger charge is -2.09. The van der Waals surface area contributed by atoms with E-state index in [4.69, 9.17) is 4.74 Å². The number of phenols is 1. The van der Waals surface area contributed by atoms with Crippen molar-refractivity contribution in [3.8, 4) is 11.5 Å². The van der Waals surface area contributed by atoms with Gasteiger partial charge in [0.1, 0.15) is 11.5 Å². The molecule has 1 aliphatic heterocycles. The van der Waals surface area contributed by atoms with Crippen molar-refractivity contribution in [1.82, 2.24) is 0 Å². The standard InChI is InChI=1S/C11H12O3/c1-6-5-9-8(3-4-14-9)10(7(2)12)11(6)13/h5,13H,3-4H2,1-2H3. The zero-order valence-corrected chi connectivity index (χ0v) is 8.26. The van der Waals surface area contributed by atoms with Crippen LogP contribution in [0.1, 0.15) is 28.4 Å². The number of phenolic OH excluding ortho intramolecular Hbond substituents is 1. The lowest BCUT2D eigenvalue weighted by molar-refractivity contribution is 0.101. The summed E-state index contributed by atoms with van der Waals surface area (Å²) < 4.78 is 5.36. The Balaban J connectivity index is 2.72. The minimum atomic E-state index is -0.104. The van der Waals surface area contributed by atoms with Gasteiger partial charge in [0.25, 0.3) is 0 Å². The van der Waals surface area contributed by atoms with Gasteiger partial charge in [0.15, 0.2) is 5.78 Å². The number of aryl methyl sites for hydroxylation is 1. The van der Waals surface area contributed by atoms with Crippen LogP contribution in [0.3, 0.4) is 0 Å². The fraction of sp³-hybridized carbons (Fsp3) is 0.364. The number of hydrogen-bond acceptors (Lipinski definition) is 3. The first kappa shape index (κ1) is 9.06. The summed E-state index contributed by atoms with van der Waals surface area (Å²) in [5, 5.41) is 9.76. The average Bonchev–Trinajstić information content (AvgIpc) is 2.52. The number of carbonyl (C=O) groups excluding carboxylic acids is 1. The zero-order valence-electron chi connectivity index (χ0n) is 8.26. The minimum Gasteiger partial charge on any atom is -0.507 e. The molecule has 0 amide bonds. The van der Waals surface area contributed by atoms with E-state index in [-0.39, 0.29) is 11.5 Å². The van der Waals surface area contributed by atoms with Gasteiger partial charge in [0.05, 0.1) is 12.2 Å². The minimum absolute atomic E-state index is 0.0988. The van der Waals surface area contributed by atoms with Crippen molar-refractivity contribution in [2.75, 3.05) is 6.61 Å². The SMILES string of the molecule is CC(=O)c1c(O)c(C)cc2c1CCO2. The Morgan fingerprint density at radius 2 is 2.29 bits per heavy atom. The third-order valence-electron chi connectivity index (χ3n) is 2.52. The van der Waals surface area contributed by atoms with Gasteiger partial charge in [-0.25, -0.2) is 0 Å². The molecule has 0 bridgehead atoms. The van der Waals surface area contributed by atoms with Crippen molar-refractivity contribution >= 4 is 5.78 Å². The van der Waals surface area contributed by atoms with Crippen molar-refractivity contribution < 1.29 is 14.6 Å². The van der Waals surface area contributed by atoms with Gasteiger partial charge in [-0.2, -0.15) is 0 Å². The number of hydrogen-bond donors (Lipinski definition) is 1. The maximum absolute atomic E-state index is 11.4. The molecule has 0 atom stereocenters. The summed E-state index contributed by atoms with van der Waals surface area (Å²) in [5.74, 6) is 0.736. The van der Waals surface area contributed by atoms with E-state index < -0.39 is 0 Å². The Bertz CT molecular complexity index is 407. The van der Waals surface area contributed by atoms with Crippen LogP contribution in [0.2, 0.25) is 0 Å². The first-order valence-corrected chi connectivity index (χ1v) is 4.60. The highest BCUT2D eigenvalue weighted by molar-refractivity contribution is 5.99. The summed E-state index contributed by atoms with van der Waals surface area (Å²) in [6.45, 7) is 3.83. The molecule has 3 nitrogen and oxygen atoms in total. The third kappa shape index (κ3) is 1.16. The second kappa shape index (κ2) is 3.01. The van der Waals surface area contributed by atoms with Crippen LogP contribution >= 0.6 is 0 Å². The van der Waals surface area contributed by atoms with E-state index in [0.29, 0.717) is 24.2 Å². The molecule has 1 aromatic carbocycles. The molecular formula is C11H12O3. The maximum Gasteiger partial charge on any atom is 0.163 e. The Morgan fingerprint density at radius 3 is 2.93 bits per heavy atom. The van der Waals surface area contributed by atoms with E-state index >= 15 is 0 Å². The normalized spacial score (nSPS) is 13.6. The Hall–Kier alpha value is -1.51. The molecule has 0 radical (unpaired) electrons. The maximum atomic E-state index is 11.4. The number of ether oxygens (including phenoxy) is 1. The highest BCUT2D eigenvalue weighted by Crippen LogP contribution is 2.36. The van der Waals surface area contributed by atoms with E-state index in [1.165, 1.54) is 6.92 Å². The van der Waals surface area contributed by atoms with Gasteiger partial charge in [0, 0.05) is 12.0 Å². The summed E-state index contributed by atoms with van der Waals surface area (Å²) >= 11 is 0. The molecule has 0 aromatic heterocycles. The zero-order chi connectivity index (χ0) is 10.3. The van der Waals surface area contributed by atoms with Crippen LogP contribution in [0.4, 0.5) is 0 Å². The molecule has 3 heteroatoms. The number of benzene rings is 1. The van der Waals surface area contributed by atoms with Gasteiger partial charge in [0.2, 0.25) is 0 Å². The van der Waals surface area contributed by atoms with Crippen LogP contribution < -0.4 is 4.74 Å². The van der Waals surface area contributed by atoms with Crippen molar-refractivity contribution in [3.63, 3.8) is 0 Å². The monoisotopic (exact) mass is 192 g/mol. The largest absolute Gasteiger partial charge is 0.507 e. The Kier molecular flexibility index (Phi) is 1.95. The van der Waals surface area contributed by atoms with Gasteiger partial charge in [-0.1, -0.05) is 0 Å². The molecule has 1 N–H and O–H groups in total. The predicted molar refractivity (Wildman–Crippen MR) is 52.0 cm³/mol. The summed E-state index contributed by atoms with van der Waals surface area (Å²) in [4.78, 5) is 11.4. The molecule has 1 aromatic rings. The molecule has 1 heterocycles. The van der Waals surface area contributed by atoms with Crippen LogP contribution in [-0.2, 0) is 6.42 Å². The van der Waals surface area contributed by atoms with Gasteiger partial charge in [-0.15, -0.1) is 0 Å². The van der Waals surface area contributed by atoms with Gasteiger partial charge >= 0.3 is 0 Å². The first-order valence-electron chi connectivity index (χ1n) is 4.60. The number of carbonyl (C=O) groups is 1. The van der Waals surface area contributed by atoms with Crippen LogP contribution in [0.5, 0.6) is 11.5 Å². The Labute approximate surface area is 82.3 Å². The first-order chi connectivity index (χ1) is 6.61. The summed E-state index contributed by atoms with van der Waals surface area (Å²) in [6.07, 6.45) is 0.706. The molecule has 0 saturated carbocycles. The van der Waals surface area contributed by atoms with E-state index in [1.54, 1.807) is 13.0 Å². The van der Waals surface area contributed by atoms with Gasteiger partial charge in [-0.3, -0.25) is 4.79 Å². The number of aromatic hydroxyl groups is 1. The average molecular weight is 192 g/mol. The summed E-state index contributed by atoms with van der Waals surface area (Å²) in [7, 11) is 0. The lowest BCUT2D eigenvalue weighted by Crippen LogP contribution is -1.99. The molecule has 0 unspecified atom stereocenters. The van der Waals surface area contributed by atoms with E-state index in [1.807, 2.05) is 0 Å². The number of ketones is 1. The quantitative estimate of drug-likeness (QED) is 0.690. The Morgan fingerprint density at radius 1 is 1.57 bits per heavy atom. The van der Waals surface area contributed by atoms with Crippen molar-refractivity contribution in [3.05, 3.63) is 22.8 Å². The topological polar surface area (TPSA) is 46.5 Å². The molecule has 0 saturated heterocycles. The molecule has 0 aliphatic carbocycles. The molecule has 14 heavy (non-hydrogen) atoms. The van der Waals surface area contributed by atoms with Crippen LogP contribution in [0, 0.1) is 6.92 Å². The molecular weight excluding hydrogens is 180 g/mol. The summed E-state index contributed by atoms with van der Waals surface area (Å²) in [5.41, 5.74) is 1.97. The number of rotatable bonds is 1. The second-order valence-corrected chi connectivity index (χ2v) is 3.55. The smallest absolute Gasteiger partial charge is 0.163 e. The fourth-order valence-electron chi connectivity index (χ4n) is 1.83. The van der Waals surface area contributed by atoms with Gasteiger partial charge in [-0.05, 0) is 25.5 Å². The predicted octanol–water partition coefficient (Wildman–Crippen LogP) is 1.84. The number of fused-ring (bicyclic) bond motifs is 1. The van der Waals surface area contributed by atoms with E-state index in [2.05, 4.69) is 0 Å². The van der Waals surface area contributed by atoms with Crippen molar-refractivity contribution in [1.29, 1.82) is 0 Å². The van der Waals surface area contributed by atoms with Crippen LogP contribution in [0.25, 0.3) is 0 Å². The lowest BCUT2D eigenvalue weighted by atomic mass is 9.98. The fourth-order valence-corrected chi connectivity index (χ4v) is 1.83. The number of Topliss-reactive ketones (excluding diaryl/α,β-unsaturated/α-hetero) is 1. The van der Waals surface area contributed by atoms with Gasteiger partial charge < -0.3 is 9.84 Å². The molecule has 1 aliphatic rings. The molecule has 2 rings (SSSR count). The van der Waals surface area contributed by atoms with Crippen molar-refractivity contribution in [2.24, 2.45) is 0 Å². The molecule has 0 spiro atoms.